The minimum absolute atomic E-state index is 0.209. The lowest BCUT2D eigenvalue weighted by Crippen LogP contribution is -2.29. The van der Waals surface area contributed by atoms with Crippen molar-refractivity contribution in [3.8, 4) is 0 Å². The summed E-state index contributed by atoms with van der Waals surface area (Å²) in [5.74, 6) is -0.209. The molecule has 0 unspecified atom stereocenters. The Morgan fingerprint density at radius 1 is 1.14 bits per heavy atom. The fraction of sp³-hybridized carbons (Fsp3) is 0.917. The van der Waals surface area contributed by atoms with Gasteiger partial charge in [0.25, 0.3) is 0 Å². The molecule has 1 nitrogen and oxygen atoms in total. The first-order valence-electron chi connectivity index (χ1n) is 5.70. The molecule has 2 heteroatoms. The third-order valence-electron chi connectivity index (χ3n) is 2.96. The quantitative estimate of drug-likeness (QED) is 0.583. The molecule has 0 aliphatic heterocycles. The number of halogens is 1. The number of carbonyl (C=O) groups is 1. The number of alkyl halides is 1. The molecule has 0 spiro atoms. The second-order valence-corrected chi connectivity index (χ2v) is 4.32. The van der Waals surface area contributed by atoms with Crippen molar-refractivity contribution < 1.29 is 9.18 Å². The summed E-state index contributed by atoms with van der Waals surface area (Å²) in [5.41, 5.74) is -0.402. The van der Waals surface area contributed by atoms with Crippen LogP contribution in [0.1, 0.15) is 59.3 Å². The van der Waals surface area contributed by atoms with Gasteiger partial charge in [-0.1, -0.05) is 46.5 Å². The van der Waals surface area contributed by atoms with Crippen LogP contribution in [-0.4, -0.2) is 12.5 Å². The van der Waals surface area contributed by atoms with E-state index >= 15 is 0 Å². The number of Topliss-reactive ketones (excluding diaryl/α,β-unsaturated/α-hetero) is 1. The highest BCUT2D eigenvalue weighted by molar-refractivity contribution is 5.85. The third-order valence-corrected chi connectivity index (χ3v) is 2.96. The monoisotopic (exact) mass is 202 g/mol. The molecular weight excluding hydrogens is 179 g/mol. The lowest BCUT2D eigenvalue weighted by molar-refractivity contribution is -0.129. The number of hydrogen-bond acceptors (Lipinski definition) is 1. The van der Waals surface area contributed by atoms with Gasteiger partial charge in [0.2, 0.25) is 0 Å². The molecule has 0 aromatic carbocycles. The Bertz CT molecular complexity index is 158. The Hall–Kier alpha value is -0.400. The first-order chi connectivity index (χ1) is 6.60. The van der Waals surface area contributed by atoms with Crippen molar-refractivity contribution in [3.05, 3.63) is 0 Å². The highest BCUT2D eigenvalue weighted by Crippen LogP contribution is 2.31. The topological polar surface area (TPSA) is 17.1 Å². The van der Waals surface area contributed by atoms with Gasteiger partial charge in [0.1, 0.15) is 6.67 Å². The van der Waals surface area contributed by atoms with Crippen molar-refractivity contribution in [2.24, 2.45) is 5.41 Å². The molecule has 0 aliphatic rings. The van der Waals surface area contributed by atoms with Crippen LogP contribution in [0.3, 0.4) is 0 Å². The molecule has 0 bridgehead atoms. The summed E-state index contributed by atoms with van der Waals surface area (Å²) in [6, 6.07) is 0. The molecule has 0 aromatic rings. The molecule has 0 saturated heterocycles. The first kappa shape index (κ1) is 13.6. The molecule has 14 heavy (non-hydrogen) atoms. The van der Waals surface area contributed by atoms with E-state index in [2.05, 4.69) is 13.8 Å². The highest BCUT2D eigenvalue weighted by atomic mass is 19.1. The normalized spacial score (nSPS) is 11.7. The average Bonchev–Trinajstić information content (AvgIpc) is 2.22. The molecule has 0 atom stereocenters. The second-order valence-electron chi connectivity index (χ2n) is 4.32. The summed E-state index contributed by atoms with van der Waals surface area (Å²) in [6.07, 6.45) is 5.86. The van der Waals surface area contributed by atoms with E-state index < -0.39 is 12.1 Å². The molecule has 0 aromatic heterocycles. The van der Waals surface area contributed by atoms with Crippen LogP contribution in [0.15, 0.2) is 0 Å². The lowest BCUT2D eigenvalue weighted by atomic mass is 9.77. The fourth-order valence-corrected chi connectivity index (χ4v) is 1.70. The summed E-state index contributed by atoms with van der Waals surface area (Å²) in [7, 11) is 0. The lowest BCUT2D eigenvalue weighted by Gasteiger charge is -2.26. The molecule has 0 saturated carbocycles. The smallest absolute Gasteiger partial charge is 0.169 e. The second kappa shape index (κ2) is 6.97. The zero-order valence-corrected chi connectivity index (χ0v) is 9.74. The van der Waals surface area contributed by atoms with Gasteiger partial charge in [0, 0.05) is 5.41 Å². The van der Waals surface area contributed by atoms with Gasteiger partial charge in [-0.05, 0) is 12.8 Å². The number of ketones is 1. The van der Waals surface area contributed by atoms with E-state index in [9.17, 15) is 9.18 Å². The van der Waals surface area contributed by atoms with Crippen LogP contribution in [0, 0.1) is 5.41 Å². The first-order valence-corrected chi connectivity index (χ1v) is 5.70. The van der Waals surface area contributed by atoms with E-state index in [1.165, 1.54) is 0 Å². The Balaban J connectivity index is 4.24. The van der Waals surface area contributed by atoms with Crippen LogP contribution in [0.25, 0.3) is 0 Å². The van der Waals surface area contributed by atoms with Crippen molar-refractivity contribution >= 4 is 5.78 Å². The summed E-state index contributed by atoms with van der Waals surface area (Å²) < 4.78 is 12.4. The van der Waals surface area contributed by atoms with E-state index in [0.29, 0.717) is 0 Å². The summed E-state index contributed by atoms with van der Waals surface area (Å²) in [6.45, 7) is 5.31. The minimum atomic E-state index is -0.802. The van der Waals surface area contributed by atoms with Crippen molar-refractivity contribution in [2.45, 2.75) is 59.3 Å². The zero-order valence-electron chi connectivity index (χ0n) is 9.74. The maximum atomic E-state index is 12.4. The van der Waals surface area contributed by atoms with Gasteiger partial charge in [-0.3, -0.25) is 4.79 Å². The van der Waals surface area contributed by atoms with Crippen molar-refractivity contribution in [3.63, 3.8) is 0 Å². The number of carbonyl (C=O) groups excluding carboxylic acids is 1. The summed E-state index contributed by atoms with van der Waals surface area (Å²) >= 11 is 0. The van der Waals surface area contributed by atoms with E-state index in [4.69, 9.17) is 0 Å². The van der Waals surface area contributed by atoms with Gasteiger partial charge in [-0.25, -0.2) is 4.39 Å². The minimum Gasteiger partial charge on any atom is -0.296 e. The van der Waals surface area contributed by atoms with Gasteiger partial charge < -0.3 is 0 Å². The molecular formula is C12H23FO. The highest BCUT2D eigenvalue weighted by Gasteiger charge is 2.31. The Morgan fingerprint density at radius 3 is 1.86 bits per heavy atom. The van der Waals surface area contributed by atoms with Crippen LogP contribution in [0.2, 0.25) is 0 Å². The molecule has 84 valence electrons. The number of hydrogen-bond donors (Lipinski definition) is 0. The van der Waals surface area contributed by atoms with E-state index in [-0.39, 0.29) is 5.78 Å². The van der Waals surface area contributed by atoms with E-state index in [0.717, 1.165) is 38.5 Å². The van der Waals surface area contributed by atoms with Gasteiger partial charge in [-0.15, -0.1) is 0 Å². The van der Waals surface area contributed by atoms with Crippen molar-refractivity contribution in [1.29, 1.82) is 0 Å². The SMILES string of the molecule is CCCCC(C)(CCCC)C(=O)CF. The molecule has 0 amide bonds. The van der Waals surface area contributed by atoms with E-state index in [1.807, 2.05) is 6.92 Å². The molecule has 0 N–H and O–H groups in total. The standard InChI is InChI=1S/C12H23FO/c1-4-6-8-12(3,9-7-5-2)11(14)10-13/h4-10H2,1-3H3. The van der Waals surface area contributed by atoms with Crippen molar-refractivity contribution in [1.82, 2.24) is 0 Å². The predicted molar refractivity (Wildman–Crippen MR) is 58.1 cm³/mol. The fourth-order valence-electron chi connectivity index (χ4n) is 1.70. The van der Waals surface area contributed by atoms with Gasteiger partial charge >= 0.3 is 0 Å². The van der Waals surface area contributed by atoms with Crippen LogP contribution < -0.4 is 0 Å². The van der Waals surface area contributed by atoms with Crippen LogP contribution in [0.5, 0.6) is 0 Å². The number of unbranched alkanes of at least 4 members (excludes halogenated alkanes) is 2. The van der Waals surface area contributed by atoms with Gasteiger partial charge in [-0.2, -0.15) is 0 Å². The maximum absolute atomic E-state index is 12.4. The average molecular weight is 202 g/mol. The zero-order chi connectivity index (χ0) is 11.0. The largest absolute Gasteiger partial charge is 0.296 e. The maximum Gasteiger partial charge on any atom is 0.169 e. The summed E-state index contributed by atoms with van der Waals surface area (Å²) in [5, 5.41) is 0. The van der Waals surface area contributed by atoms with E-state index in [1.54, 1.807) is 0 Å². The van der Waals surface area contributed by atoms with Gasteiger partial charge in [0.15, 0.2) is 5.78 Å². The molecule has 0 rings (SSSR count). The molecule has 0 radical (unpaired) electrons. The third kappa shape index (κ3) is 4.21. The van der Waals surface area contributed by atoms with Crippen LogP contribution in [0.4, 0.5) is 4.39 Å². The Morgan fingerprint density at radius 2 is 1.57 bits per heavy atom. The molecule has 0 heterocycles. The molecule has 0 fully saturated rings. The van der Waals surface area contributed by atoms with Crippen LogP contribution in [-0.2, 0) is 4.79 Å². The number of rotatable bonds is 8. The Kier molecular flexibility index (Phi) is 6.77. The predicted octanol–water partition coefficient (Wildman–Crippen LogP) is 3.91. The summed E-state index contributed by atoms with van der Waals surface area (Å²) in [4.78, 5) is 11.5. The molecule has 0 aliphatic carbocycles. The van der Waals surface area contributed by atoms with Gasteiger partial charge in [0.05, 0.1) is 0 Å². The Labute approximate surface area is 87.1 Å². The van der Waals surface area contributed by atoms with Crippen molar-refractivity contribution in [2.75, 3.05) is 6.67 Å². The van der Waals surface area contributed by atoms with Crippen LogP contribution >= 0.6 is 0 Å².